The predicted octanol–water partition coefficient (Wildman–Crippen LogP) is 2.85. The molecule has 8 nitrogen and oxygen atoms in total. The molecule has 0 aliphatic carbocycles. The van der Waals surface area contributed by atoms with Crippen LogP contribution in [0.2, 0.25) is 0 Å². The average Bonchev–Trinajstić information content (AvgIpc) is 3.45. The van der Waals surface area contributed by atoms with Gasteiger partial charge in [0.25, 0.3) is 5.92 Å². The van der Waals surface area contributed by atoms with E-state index in [0.29, 0.717) is 17.4 Å². The highest BCUT2D eigenvalue weighted by Crippen LogP contribution is 2.34. The summed E-state index contributed by atoms with van der Waals surface area (Å²) < 4.78 is 37.0. The molecule has 160 valence electrons. The summed E-state index contributed by atoms with van der Waals surface area (Å²) in [6.07, 6.45) is 5.33. The minimum atomic E-state index is -2.82. The monoisotopic (exact) mass is 425 g/mol. The highest BCUT2D eigenvalue weighted by atomic mass is 19.3. The van der Waals surface area contributed by atoms with Gasteiger partial charge < -0.3 is 15.4 Å². The van der Waals surface area contributed by atoms with Crippen molar-refractivity contribution in [3.05, 3.63) is 49.1 Å². The molecule has 0 radical (unpaired) electrons. The predicted molar refractivity (Wildman–Crippen MR) is 113 cm³/mol. The molecule has 0 spiro atoms. The van der Waals surface area contributed by atoms with Crippen LogP contribution in [-0.4, -0.2) is 56.5 Å². The Morgan fingerprint density at radius 3 is 2.87 bits per heavy atom. The smallest absolute Gasteiger partial charge is 0.281 e. The van der Waals surface area contributed by atoms with E-state index in [9.17, 15) is 8.78 Å². The van der Waals surface area contributed by atoms with Gasteiger partial charge in [0, 0.05) is 37.0 Å². The maximum atomic E-state index is 14.0. The number of hydrogen-bond acceptors (Lipinski definition) is 6. The van der Waals surface area contributed by atoms with Crippen molar-refractivity contribution in [2.45, 2.75) is 12.0 Å². The van der Waals surface area contributed by atoms with Gasteiger partial charge in [0.1, 0.15) is 29.8 Å². The summed E-state index contributed by atoms with van der Waals surface area (Å²) in [5.74, 6) is -1.18. The van der Waals surface area contributed by atoms with Crippen LogP contribution in [0, 0.1) is 0 Å². The van der Waals surface area contributed by atoms with Crippen LogP contribution in [-0.2, 0) is 7.05 Å². The van der Waals surface area contributed by atoms with Crippen LogP contribution in [0.4, 0.5) is 14.6 Å². The molecular weight excluding hydrogens is 404 g/mol. The Bertz CT molecular complexity index is 1250. The van der Waals surface area contributed by atoms with Crippen LogP contribution >= 0.6 is 0 Å². The third-order valence-electron chi connectivity index (χ3n) is 5.41. The fourth-order valence-corrected chi connectivity index (χ4v) is 3.80. The van der Waals surface area contributed by atoms with Gasteiger partial charge in [0.05, 0.1) is 30.9 Å². The Kier molecular flexibility index (Phi) is 4.58. The number of halogens is 2. The molecule has 2 N–H and O–H groups in total. The first-order valence-corrected chi connectivity index (χ1v) is 9.81. The first-order valence-electron chi connectivity index (χ1n) is 9.81. The molecule has 0 saturated carbocycles. The number of nitrogens with one attached hydrogen (secondary N) is 2. The molecule has 5 rings (SSSR count). The van der Waals surface area contributed by atoms with E-state index >= 15 is 0 Å². The summed E-state index contributed by atoms with van der Waals surface area (Å²) in [5.41, 5.74) is 3.33. The van der Waals surface area contributed by atoms with E-state index in [1.165, 1.54) is 0 Å². The van der Waals surface area contributed by atoms with Crippen molar-refractivity contribution >= 4 is 16.9 Å². The van der Waals surface area contributed by atoms with Gasteiger partial charge in [0.2, 0.25) is 0 Å². The van der Waals surface area contributed by atoms with Crippen molar-refractivity contribution < 1.29 is 13.5 Å². The van der Waals surface area contributed by atoms with Gasteiger partial charge in [0.15, 0.2) is 0 Å². The maximum Gasteiger partial charge on any atom is 0.281 e. The Balaban J connectivity index is 1.55. The normalized spacial score (nSPS) is 17.9. The Morgan fingerprint density at radius 2 is 2.16 bits per heavy atom. The van der Waals surface area contributed by atoms with E-state index in [2.05, 4.69) is 25.7 Å². The largest absolute Gasteiger partial charge is 0.496 e. The minimum Gasteiger partial charge on any atom is -0.496 e. The number of rotatable bonds is 5. The zero-order valence-corrected chi connectivity index (χ0v) is 17.0. The number of methoxy groups -OCH3 is 1. The van der Waals surface area contributed by atoms with E-state index in [4.69, 9.17) is 4.74 Å². The standard InChI is InChI=1S/C21H21F2N7O/c1-29-10-13(8-26-29)14-6-16-15(7-17(14)31-2)25-12-30(16)20-5-3-4-19(28-20)27-18-9-24-11-21(18,22)23/h3-8,10,12,18,24H,9,11H2,1-2H3,(H,27,28). The number of benzene rings is 1. The number of nitrogens with zero attached hydrogens (tertiary/aromatic N) is 5. The molecule has 4 heterocycles. The maximum absolute atomic E-state index is 14.0. The molecule has 3 aromatic heterocycles. The van der Waals surface area contributed by atoms with E-state index < -0.39 is 12.0 Å². The van der Waals surface area contributed by atoms with Crippen molar-refractivity contribution in [2.24, 2.45) is 7.05 Å². The van der Waals surface area contributed by atoms with E-state index in [1.54, 1.807) is 36.4 Å². The number of ether oxygens (including phenoxy) is 1. The van der Waals surface area contributed by atoms with Crippen LogP contribution in [0.25, 0.3) is 28.0 Å². The van der Waals surface area contributed by atoms with Gasteiger partial charge >= 0.3 is 0 Å². The molecule has 1 unspecified atom stereocenters. The second kappa shape index (κ2) is 7.31. The van der Waals surface area contributed by atoms with Crippen LogP contribution in [0.15, 0.2) is 49.1 Å². The number of anilines is 1. The average molecular weight is 425 g/mol. The number of hydrogen-bond donors (Lipinski definition) is 2. The highest BCUT2D eigenvalue weighted by molar-refractivity contribution is 5.87. The summed E-state index contributed by atoms with van der Waals surface area (Å²) in [6, 6.07) is 8.10. The Labute approximate surface area is 176 Å². The zero-order chi connectivity index (χ0) is 21.6. The zero-order valence-electron chi connectivity index (χ0n) is 17.0. The number of imidazole rings is 1. The molecule has 1 fully saturated rings. The van der Waals surface area contributed by atoms with Crippen molar-refractivity contribution in [3.63, 3.8) is 0 Å². The minimum absolute atomic E-state index is 0.182. The molecule has 4 aromatic rings. The van der Waals surface area contributed by atoms with Crippen LogP contribution in [0.1, 0.15) is 0 Å². The lowest BCUT2D eigenvalue weighted by Crippen LogP contribution is -2.38. The summed E-state index contributed by atoms with van der Waals surface area (Å²) in [4.78, 5) is 9.02. The molecule has 1 aromatic carbocycles. The Hall–Kier alpha value is -3.53. The van der Waals surface area contributed by atoms with Crippen molar-refractivity contribution in [2.75, 3.05) is 25.5 Å². The van der Waals surface area contributed by atoms with Crippen molar-refractivity contribution in [1.82, 2.24) is 29.6 Å². The lowest BCUT2D eigenvalue weighted by molar-refractivity contribution is 0.0138. The number of alkyl halides is 2. The highest BCUT2D eigenvalue weighted by Gasteiger charge is 2.44. The van der Waals surface area contributed by atoms with Crippen LogP contribution < -0.4 is 15.4 Å². The van der Waals surface area contributed by atoms with E-state index in [-0.39, 0.29) is 13.1 Å². The van der Waals surface area contributed by atoms with Gasteiger partial charge in [-0.15, -0.1) is 0 Å². The summed E-state index contributed by atoms with van der Waals surface area (Å²) in [7, 11) is 3.47. The van der Waals surface area contributed by atoms with Crippen molar-refractivity contribution in [1.29, 1.82) is 0 Å². The van der Waals surface area contributed by atoms with E-state index in [0.717, 1.165) is 22.2 Å². The second-order valence-electron chi connectivity index (χ2n) is 7.53. The van der Waals surface area contributed by atoms with Gasteiger partial charge in [-0.3, -0.25) is 9.25 Å². The molecule has 0 bridgehead atoms. The fraction of sp³-hybridized carbons (Fsp3) is 0.286. The van der Waals surface area contributed by atoms with Crippen LogP contribution in [0.5, 0.6) is 5.75 Å². The second-order valence-corrected chi connectivity index (χ2v) is 7.53. The van der Waals surface area contributed by atoms with Gasteiger partial charge in [-0.1, -0.05) is 6.07 Å². The van der Waals surface area contributed by atoms with Crippen molar-refractivity contribution in [3.8, 4) is 22.7 Å². The molecule has 1 aliphatic heterocycles. The number of fused-ring (bicyclic) bond motifs is 1. The third-order valence-corrected chi connectivity index (χ3v) is 5.41. The Morgan fingerprint density at radius 1 is 1.29 bits per heavy atom. The van der Waals surface area contributed by atoms with E-state index in [1.807, 2.05) is 36.0 Å². The number of pyridine rings is 1. The lowest BCUT2D eigenvalue weighted by Gasteiger charge is -2.20. The number of aryl methyl sites for hydroxylation is 1. The quantitative estimate of drug-likeness (QED) is 0.512. The van der Waals surface area contributed by atoms with Gasteiger partial charge in [-0.05, 0) is 18.2 Å². The first-order chi connectivity index (χ1) is 14.9. The third kappa shape index (κ3) is 3.48. The van der Waals surface area contributed by atoms with Gasteiger partial charge in [-0.2, -0.15) is 5.10 Å². The molecule has 10 heteroatoms. The molecule has 31 heavy (non-hydrogen) atoms. The first kappa shape index (κ1) is 19.4. The fourth-order valence-electron chi connectivity index (χ4n) is 3.80. The molecular formula is C21H21F2N7O. The van der Waals surface area contributed by atoms with Crippen LogP contribution in [0.3, 0.4) is 0 Å². The molecule has 0 amide bonds. The summed E-state index contributed by atoms with van der Waals surface area (Å²) in [6.45, 7) is -0.156. The SMILES string of the molecule is COc1cc2ncn(-c3cccc(NC4CNCC4(F)F)n3)c2cc1-c1cnn(C)c1. The number of aromatic nitrogens is 5. The molecule has 1 saturated heterocycles. The van der Waals surface area contributed by atoms with Gasteiger partial charge in [-0.25, -0.2) is 18.7 Å². The molecule has 1 atom stereocenters. The molecule has 1 aliphatic rings. The lowest BCUT2D eigenvalue weighted by atomic mass is 10.1. The summed E-state index contributed by atoms with van der Waals surface area (Å²) >= 11 is 0. The topological polar surface area (TPSA) is 81.8 Å². The summed E-state index contributed by atoms with van der Waals surface area (Å²) in [5, 5.41) is 9.80.